The number of Topliss-reactive ketones (excluding diaryl/α,β-unsaturated/α-hetero) is 1. The SMILES string of the molecule is Cc1ccc(-n2c(C)cc([C@@H]3C4=C(CCCC4=O)Nc4c3c(C)nn4-c3cccc(Cl)c3)c2C)cc1C. The van der Waals surface area contributed by atoms with Crippen LogP contribution in [0.3, 0.4) is 0 Å². The van der Waals surface area contributed by atoms with Crippen LogP contribution in [0.1, 0.15) is 64.5 Å². The van der Waals surface area contributed by atoms with Crippen LogP contribution in [0.2, 0.25) is 5.02 Å². The van der Waals surface area contributed by atoms with Crippen molar-refractivity contribution < 1.29 is 4.79 Å². The van der Waals surface area contributed by atoms with Crippen molar-refractivity contribution in [2.45, 2.75) is 59.8 Å². The van der Waals surface area contributed by atoms with E-state index in [-0.39, 0.29) is 11.7 Å². The lowest BCUT2D eigenvalue weighted by atomic mass is 9.76. The van der Waals surface area contributed by atoms with Gasteiger partial charge in [0.25, 0.3) is 0 Å². The first kappa shape index (κ1) is 23.8. The maximum absolute atomic E-state index is 13.5. The van der Waals surface area contributed by atoms with Gasteiger partial charge in [-0.3, -0.25) is 4.79 Å². The van der Waals surface area contributed by atoms with Gasteiger partial charge < -0.3 is 9.88 Å². The highest BCUT2D eigenvalue weighted by Gasteiger charge is 2.40. The molecule has 1 aliphatic carbocycles. The van der Waals surface area contributed by atoms with Crippen LogP contribution in [0.4, 0.5) is 5.82 Å². The van der Waals surface area contributed by atoms with Gasteiger partial charge in [0.15, 0.2) is 5.78 Å². The Labute approximate surface area is 222 Å². The lowest BCUT2D eigenvalue weighted by Crippen LogP contribution is -2.27. The molecule has 3 heterocycles. The largest absolute Gasteiger partial charge is 0.343 e. The van der Waals surface area contributed by atoms with Gasteiger partial charge in [-0.1, -0.05) is 23.7 Å². The Morgan fingerprint density at radius 3 is 2.51 bits per heavy atom. The third kappa shape index (κ3) is 3.75. The zero-order chi connectivity index (χ0) is 26.0. The molecule has 5 nitrogen and oxygen atoms in total. The van der Waals surface area contributed by atoms with Crippen molar-refractivity contribution in [2.75, 3.05) is 5.32 Å². The number of aryl methyl sites for hydroxylation is 4. The van der Waals surface area contributed by atoms with Crippen molar-refractivity contribution in [3.05, 3.63) is 104 Å². The Balaban J connectivity index is 1.59. The number of hydrogen-bond donors (Lipinski definition) is 1. The molecule has 6 rings (SSSR count). The third-order valence-corrected chi connectivity index (χ3v) is 8.23. The third-order valence-electron chi connectivity index (χ3n) is 7.99. The molecule has 2 aliphatic rings. The maximum atomic E-state index is 13.5. The van der Waals surface area contributed by atoms with E-state index in [4.69, 9.17) is 16.7 Å². The van der Waals surface area contributed by atoms with Crippen LogP contribution < -0.4 is 5.32 Å². The van der Waals surface area contributed by atoms with Gasteiger partial charge in [-0.25, -0.2) is 4.68 Å². The standard InChI is InChI=1S/C31H31ClN4O/c1-17-12-13-23(14-18(17)2)35-19(3)15-25(21(35)5)29-28-20(4)34-36(24-9-6-8-22(32)16-24)31(28)33-26-10-7-11-27(37)30(26)29/h6,8-9,12-16,29,33H,7,10-11H2,1-5H3/t29-/m0/s1. The molecule has 0 spiro atoms. The number of nitrogens with one attached hydrogen (secondary N) is 1. The van der Waals surface area contributed by atoms with Crippen molar-refractivity contribution in [2.24, 2.45) is 0 Å². The van der Waals surface area contributed by atoms with E-state index in [1.165, 1.54) is 11.1 Å². The van der Waals surface area contributed by atoms with E-state index >= 15 is 0 Å². The highest BCUT2D eigenvalue weighted by Crippen LogP contribution is 2.48. The molecule has 0 unspecified atom stereocenters. The average Bonchev–Trinajstić information content (AvgIpc) is 3.35. The van der Waals surface area contributed by atoms with Crippen molar-refractivity contribution >= 4 is 23.2 Å². The van der Waals surface area contributed by atoms with Crippen LogP contribution in [-0.4, -0.2) is 20.1 Å². The highest BCUT2D eigenvalue weighted by atomic mass is 35.5. The van der Waals surface area contributed by atoms with E-state index in [1.807, 2.05) is 35.9 Å². The molecular formula is C31H31ClN4O. The van der Waals surface area contributed by atoms with E-state index in [1.54, 1.807) is 0 Å². The Morgan fingerprint density at radius 1 is 0.946 bits per heavy atom. The summed E-state index contributed by atoms with van der Waals surface area (Å²) in [6, 6.07) is 16.6. The van der Waals surface area contributed by atoms with Crippen molar-refractivity contribution in [3.63, 3.8) is 0 Å². The van der Waals surface area contributed by atoms with Crippen LogP contribution in [-0.2, 0) is 4.79 Å². The molecule has 188 valence electrons. The van der Waals surface area contributed by atoms with E-state index in [0.29, 0.717) is 11.4 Å². The summed E-state index contributed by atoms with van der Waals surface area (Å²) >= 11 is 6.34. The summed E-state index contributed by atoms with van der Waals surface area (Å²) in [7, 11) is 0. The Bertz CT molecular complexity index is 1620. The second kappa shape index (κ2) is 8.77. The molecule has 4 aromatic rings. The molecule has 1 aliphatic heterocycles. The van der Waals surface area contributed by atoms with E-state index in [9.17, 15) is 4.79 Å². The Hall–Kier alpha value is -3.57. The predicted molar refractivity (Wildman–Crippen MR) is 149 cm³/mol. The van der Waals surface area contributed by atoms with Crippen molar-refractivity contribution in [1.29, 1.82) is 0 Å². The summed E-state index contributed by atoms with van der Waals surface area (Å²) < 4.78 is 4.25. The maximum Gasteiger partial charge on any atom is 0.161 e. The Morgan fingerprint density at radius 2 is 1.76 bits per heavy atom. The molecule has 37 heavy (non-hydrogen) atoms. The van der Waals surface area contributed by atoms with E-state index < -0.39 is 0 Å². The number of hydrogen-bond acceptors (Lipinski definition) is 3. The van der Waals surface area contributed by atoms with Crippen LogP contribution >= 0.6 is 11.6 Å². The molecule has 1 N–H and O–H groups in total. The number of halogens is 1. The quantitative estimate of drug-likeness (QED) is 0.312. The zero-order valence-electron chi connectivity index (χ0n) is 21.9. The predicted octanol–water partition coefficient (Wildman–Crippen LogP) is 7.42. The lowest BCUT2D eigenvalue weighted by molar-refractivity contribution is -0.116. The summed E-state index contributed by atoms with van der Waals surface area (Å²) in [6.07, 6.45) is 2.30. The molecule has 0 saturated carbocycles. The fourth-order valence-corrected chi connectivity index (χ4v) is 6.25. The van der Waals surface area contributed by atoms with E-state index in [2.05, 4.69) is 61.8 Å². The van der Waals surface area contributed by atoms with Crippen molar-refractivity contribution in [3.8, 4) is 11.4 Å². The minimum Gasteiger partial charge on any atom is -0.343 e. The number of benzene rings is 2. The molecule has 0 radical (unpaired) electrons. The smallest absolute Gasteiger partial charge is 0.161 e. The fraction of sp³-hybridized carbons (Fsp3) is 0.290. The average molecular weight is 511 g/mol. The first-order chi connectivity index (χ1) is 17.7. The first-order valence-electron chi connectivity index (χ1n) is 12.9. The number of rotatable bonds is 3. The van der Waals surface area contributed by atoms with Gasteiger partial charge in [-0.2, -0.15) is 5.10 Å². The molecule has 0 fully saturated rings. The Kier molecular flexibility index (Phi) is 5.64. The molecular weight excluding hydrogens is 480 g/mol. The van der Waals surface area contributed by atoms with E-state index in [0.717, 1.165) is 69.5 Å². The van der Waals surface area contributed by atoms with Crippen LogP contribution in [0.5, 0.6) is 0 Å². The second-order valence-electron chi connectivity index (χ2n) is 10.4. The van der Waals surface area contributed by atoms with Crippen LogP contribution in [0, 0.1) is 34.6 Å². The molecule has 0 bridgehead atoms. The number of carbonyl (C=O) groups excluding carboxylic acids is 1. The summed E-state index contributed by atoms with van der Waals surface area (Å²) in [6.45, 7) is 10.6. The van der Waals surface area contributed by atoms with Gasteiger partial charge in [0.05, 0.1) is 11.4 Å². The summed E-state index contributed by atoms with van der Waals surface area (Å²) in [5, 5.41) is 9.25. The normalized spacial score (nSPS) is 17.0. The number of nitrogens with zero attached hydrogens (tertiary/aromatic N) is 3. The topological polar surface area (TPSA) is 51.9 Å². The number of ketones is 1. The molecule has 2 aromatic carbocycles. The monoisotopic (exact) mass is 510 g/mol. The zero-order valence-corrected chi connectivity index (χ0v) is 22.7. The lowest BCUT2D eigenvalue weighted by Gasteiger charge is -2.33. The highest BCUT2D eigenvalue weighted by molar-refractivity contribution is 6.30. The van der Waals surface area contributed by atoms with Gasteiger partial charge in [0, 0.05) is 51.3 Å². The van der Waals surface area contributed by atoms with Gasteiger partial charge in [0.2, 0.25) is 0 Å². The minimum absolute atomic E-state index is 0.168. The number of carbonyl (C=O) groups is 1. The molecule has 2 aromatic heterocycles. The van der Waals surface area contributed by atoms with Gasteiger partial charge in [-0.05, 0) is 101 Å². The fourth-order valence-electron chi connectivity index (χ4n) is 6.07. The summed E-state index contributed by atoms with van der Waals surface area (Å²) in [5.41, 5.74) is 11.9. The molecule has 0 amide bonds. The number of allylic oxidation sites excluding steroid dienone is 2. The minimum atomic E-state index is -0.168. The molecule has 1 atom stereocenters. The van der Waals surface area contributed by atoms with Crippen LogP contribution in [0.25, 0.3) is 11.4 Å². The summed E-state index contributed by atoms with van der Waals surface area (Å²) in [5.74, 6) is 0.989. The first-order valence-corrected chi connectivity index (χ1v) is 13.3. The van der Waals surface area contributed by atoms with Crippen LogP contribution in [0.15, 0.2) is 59.8 Å². The van der Waals surface area contributed by atoms with Gasteiger partial charge in [0.1, 0.15) is 5.82 Å². The molecule has 6 heteroatoms. The van der Waals surface area contributed by atoms with Gasteiger partial charge >= 0.3 is 0 Å². The summed E-state index contributed by atoms with van der Waals surface area (Å²) in [4.78, 5) is 13.5. The second-order valence-corrected chi connectivity index (χ2v) is 10.8. The van der Waals surface area contributed by atoms with Gasteiger partial charge in [-0.15, -0.1) is 0 Å². The number of fused-ring (bicyclic) bond motifs is 1. The van der Waals surface area contributed by atoms with Crippen molar-refractivity contribution in [1.82, 2.24) is 14.3 Å². The number of aromatic nitrogens is 3. The molecule has 0 saturated heterocycles. The number of anilines is 1.